The van der Waals surface area contributed by atoms with Gasteiger partial charge in [0.05, 0.1) is 11.0 Å². The Balaban J connectivity index is 1.76. The Morgan fingerprint density at radius 2 is 1.44 bits per heavy atom. The van der Waals surface area contributed by atoms with E-state index in [1.807, 2.05) is 30.3 Å². The molecule has 0 aliphatic rings. The lowest BCUT2D eigenvalue weighted by Gasteiger charge is -2.10. The van der Waals surface area contributed by atoms with Crippen molar-refractivity contribution >= 4 is 71.3 Å². The number of fused-ring (bicyclic) bond motifs is 7. The number of nitrogens with zero attached hydrogens (tertiary/aromatic N) is 1. The SMILES string of the molecule is Clc1cc(Br)cc(-c2cc3c4ccccc4n(-c4ccccc4)c3c3oc4ccccc4c23)c1. The summed E-state index contributed by atoms with van der Waals surface area (Å²) in [7, 11) is 0. The first-order valence-electron chi connectivity index (χ1n) is 11.1. The highest BCUT2D eigenvalue weighted by Gasteiger charge is 2.22. The third-order valence-electron chi connectivity index (χ3n) is 6.47. The van der Waals surface area contributed by atoms with Crippen molar-refractivity contribution in [2.45, 2.75) is 0 Å². The van der Waals surface area contributed by atoms with Gasteiger partial charge in [0.2, 0.25) is 0 Å². The Morgan fingerprint density at radius 1 is 0.706 bits per heavy atom. The van der Waals surface area contributed by atoms with Gasteiger partial charge >= 0.3 is 0 Å². The fourth-order valence-corrected chi connectivity index (χ4v) is 5.97. The zero-order chi connectivity index (χ0) is 22.8. The Morgan fingerprint density at radius 3 is 2.26 bits per heavy atom. The lowest BCUT2D eigenvalue weighted by Crippen LogP contribution is -1.93. The third kappa shape index (κ3) is 2.87. The highest BCUT2D eigenvalue weighted by Crippen LogP contribution is 2.45. The lowest BCUT2D eigenvalue weighted by molar-refractivity contribution is 0.671. The Kier molecular flexibility index (Phi) is 4.38. The third-order valence-corrected chi connectivity index (χ3v) is 7.15. The molecule has 0 spiro atoms. The molecule has 0 unspecified atom stereocenters. The van der Waals surface area contributed by atoms with Crippen molar-refractivity contribution in [1.82, 2.24) is 4.57 Å². The molecule has 0 saturated heterocycles. The van der Waals surface area contributed by atoms with Crippen molar-refractivity contribution < 1.29 is 4.42 Å². The van der Waals surface area contributed by atoms with Gasteiger partial charge in [-0.2, -0.15) is 0 Å². The molecular formula is C30H17BrClNO. The lowest BCUT2D eigenvalue weighted by atomic mass is 9.97. The van der Waals surface area contributed by atoms with Gasteiger partial charge < -0.3 is 8.98 Å². The summed E-state index contributed by atoms with van der Waals surface area (Å²) >= 11 is 10.1. The summed E-state index contributed by atoms with van der Waals surface area (Å²) < 4.78 is 9.87. The number of hydrogen-bond donors (Lipinski definition) is 0. The average Bonchev–Trinajstić information content (AvgIpc) is 3.40. The van der Waals surface area contributed by atoms with Gasteiger partial charge in [-0.05, 0) is 59.7 Å². The number of furan rings is 1. The molecule has 0 atom stereocenters. The predicted octanol–water partition coefficient (Wildman–Crippen LogP) is 9.77. The van der Waals surface area contributed by atoms with Gasteiger partial charge in [-0.3, -0.25) is 0 Å². The van der Waals surface area contributed by atoms with Gasteiger partial charge in [0.25, 0.3) is 0 Å². The van der Waals surface area contributed by atoms with Gasteiger partial charge in [-0.15, -0.1) is 0 Å². The van der Waals surface area contributed by atoms with Crippen LogP contribution in [0.4, 0.5) is 0 Å². The molecule has 0 N–H and O–H groups in total. The second-order valence-electron chi connectivity index (χ2n) is 8.47. The van der Waals surface area contributed by atoms with E-state index < -0.39 is 0 Å². The maximum absolute atomic E-state index is 6.61. The van der Waals surface area contributed by atoms with Gasteiger partial charge in [-0.1, -0.05) is 82.1 Å². The Labute approximate surface area is 209 Å². The molecule has 0 radical (unpaired) electrons. The second-order valence-corrected chi connectivity index (χ2v) is 9.82. The normalized spacial score (nSPS) is 11.8. The Bertz CT molecular complexity index is 1860. The molecule has 0 aliphatic carbocycles. The maximum atomic E-state index is 6.61. The summed E-state index contributed by atoms with van der Waals surface area (Å²) in [5.41, 5.74) is 7.23. The molecule has 5 aromatic carbocycles. The van der Waals surface area contributed by atoms with E-state index in [4.69, 9.17) is 16.0 Å². The number of benzene rings is 5. The van der Waals surface area contributed by atoms with E-state index in [0.29, 0.717) is 5.02 Å². The molecule has 0 fully saturated rings. The first-order valence-corrected chi connectivity index (χ1v) is 12.3. The van der Waals surface area contributed by atoms with Gasteiger partial charge in [0, 0.05) is 36.7 Å². The number of hydrogen-bond acceptors (Lipinski definition) is 1. The number of aromatic nitrogens is 1. The maximum Gasteiger partial charge on any atom is 0.160 e. The average molecular weight is 523 g/mol. The molecule has 0 bridgehead atoms. The van der Waals surface area contributed by atoms with Crippen molar-refractivity contribution in [3.63, 3.8) is 0 Å². The van der Waals surface area contributed by atoms with E-state index in [-0.39, 0.29) is 0 Å². The van der Waals surface area contributed by atoms with Crippen LogP contribution >= 0.6 is 27.5 Å². The van der Waals surface area contributed by atoms with Crippen molar-refractivity contribution in [3.8, 4) is 16.8 Å². The van der Waals surface area contributed by atoms with Crippen LogP contribution in [-0.2, 0) is 0 Å². The molecule has 4 heteroatoms. The van der Waals surface area contributed by atoms with E-state index in [9.17, 15) is 0 Å². The van der Waals surface area contributed by atoms with E-state index in [1.54, 1.807) is 0 Å². The fraction of sp³-hybridized carbons (Fsp3) is 0. The number of rotatable bonds is 2. The summed E-state index contributed by atoms with van der Waals surface area (Å²) in [6, 6.07) is 35.6. The van der Waals surface area contributed by atoms with Gasteiger partial charge in [0.15, 0.2) is 5.58 Å². The quantitative estimate of drug-likeness (QED) is 0.221. The molecule has 7 aromatic rings. The fourth-order valence-electron chi connectivity index (χ4n) is 5.11. The predicted molar refractivity (Wildman–Crippen MR) is 146 cm³/mol. The number of halogens is 2. The topological polar surface area (TPSA) is 18.1 Å². The molecule has 0 aliphatic heterocycles. The highest BCUT2D eigenvalue weighted by molar-refractivity contribution is 9.10. The zero-order valence-corrected chi connectivity index (χ0v) is 20.3. The van der Waals surface area contributed by atoms with Crippen LogP contribution in [0, 0.1) is 0 Å². The van der Waals surface area contributed by atoms with Crippen molar-refractivity contribution in [1.29, 1.82) is 0 Å². The van der Waals surface area contributed by atoms with Gasteiger partial charge in [-0.25, -0.2) is 0 Å². The molecular weight excluding hydrogens is 506 g/mol. The molecule has 2 heterocycles. The Hall–Kier alpha value is -3.53. The van der Waals surface area contributed by atoms with Crippen LogP contribution in [0.15, 0.2) is 112 Å². The smallest absolute Gasteiger partial charge is 0.160 e. The van der Waals surface area contributed by atoms with Crippen LogP contribution in [0.25, 0.3) is 60.6 Å². The molecule has 2 aromatic heterocycles. The minimum absolute atomic E-state index is 0.692. The largest absolute Gasteiger partial charge is 0.454 e. The second kappa shape index (κ2) is 7.49. The monoisotopic (exact) mass is 521 g/mol. The van der Waals surface area contributed by atoms with Crippen molar-refractivity contribution in [2.75, 3.05) is 0 Å². The summed E-state index contributed by atoms with van der Waals surface area (Å²) in [5, 5.41) is 5.22. The minimum atomic E-state index is 0.692. The van der Waals surface area contributed by atoms with Crippen LogP contribution in [0.2, 0.25) is 5.02 Å². The van der Waals surface area contributed by atoms with E-state index in [0.717, 1.165) is 59.6 Å². The van der Waals surface area contributed by atoms with E-state index in [1.165, 1.54) is 5.39 Å². The van der Waals surface area contributed by atoms with Crippen molar-refractivity contribution in [3.05, 3.63) is 113 Å². The van der Waals surface area contributed by atoms with E-state index in [2.05, 4.69) is 93.3 Å². The molecule has 162 valence electrons. The molecule has 2 nitrogen and oxygen atoms in total. The van der Waals surface area contributed by atoms with Crippen LogP contribution in [-0.4, -0.2) is 4.57 Å². The van der Waals surface area contributed by atoms with Gasteiger partial charge in [0.1, 0.15) is 5.58 Å². The first kappa shape index (κ1) is 19.9. The highest BCUT2D eigenvalue weighted by atomic mass is 79.9. The standard InChI is InChI=1S/C30H17BrClNO/c31-19-14-18(15-20(32)16-19)24-17-25-22-10-4-6-12-26(22)33(21-8-2-1-3-9-21)29(25)30-28(24)23-11-5-7-13-27(23)34-30/h1-17H. The summed E-state index contributed by atoms with van der Waals surface area (Å²) in [5.74, 6) is 0. The van der Waals surface area contributed by atoms with Crippen LogP contribution in [0.5, 0.6) is 0 Å². The van der Waals surface area contributed by atoms with Crippen LogP contribution in [0.3, 0.4) is 0 Å². The van der Waals surface area contributed by atoms with Crippen molar-refractivity contribution in [2.24, 2.45) is 0 Å². The molecule has 7 rings (SSSR count). The molecule has 0 amide bonds. The zero-order valence-electron chi connectivity index (χ0n) is 17.9. The van der Waals surface area contributed by atoms with E-state index >= 15 is 0 Å². The molecule has 34 heavy (non-hydrogen) atoms. The summed E-state index contributed by atoms with van der Waals surface area (Å²) in [6.07, 6.45) is 0. The molecule has 0 saturated carbocycles. The minimum Gasteiger partial charge on any atom is -0.454 e. The summed E-state index contributed by atoms with van der Waals surface area (Å²) in [4.78, 5) is 0. The van der Waals surface area contributed by atoms with Crippen LogP contribution < -0.4 is 0 Å². The van der Waals surface area contributed by atoms with Crippen LogP contribution in [0.1, 0.15) is 0 Å². The number of para-hydroxylation sites is 3. The first-order chi connectivity index (χ1) is 16.7. The summed E-state index contributed by atoms with van der Waals surface area (Å²) in [6.45, 7) is 0.